The highest BCUT2D eigenvalue weighted by molar-refractivity contribution is 5.91. The number of hydrogen-bond donors (Lipinski definition) is 5. The van der Waals surface area contributed by atoms with Gasteiger partial charge in [0.25, 0.3) is 0 Å². The molecule has 0 aliphatic carbocycles. The lowest BCUT2D eigenvalue weighted by Crippen LogP contribution is -2.54. The second-order valence-electron chi connectivity index (χ2n) is 7.00. The van der Waals surface area contributed by atoms with Crippen LogP contribution < -0.4 is 27.4 Å². The van der Waals surface area contributed by atoms with Gasteiger partial charge in [-0.05, 0) is 25.2 Å². The minimum absolute atomic E-state index is 0.144. The molecule has 5 amide bonds. The van der Waals surface area contributed by atoms with E-state index in [1.807, 2.05) is 13.8 Å². The van der Waals surface area contributed by atoms with Crippen molar-refractivity contribution in [2.75, 3.05) is 6.54 Å². The van der Waals surface area contributed by atoms with Crippen molar-refractivity contribution in [2.45, 2.75) is 77.8 Å². The highest BCUT2D eigenvalue weighted by Crippen LogP contribution is 2.07. The summed E-state index contributed by atoms with van der Waals surface area (Å²) in [4.78, 5) is 46.8. The minimum atomic E-state index is -0.880. The van der Waals surface area contributed by atoms with E-state index in [0.29, 0.717) is 12.8 Å². The lowest BCUT2D eigenvalue weighted by atomic mass is 10.0. The van der Waals surface area contributed by atoms with Crippen LogP contribution in [0.25, 0.3) is 0 Å². The van der Waals surface area contributed by atoms with Crippen LogP contribution in [-0.4, -0.2) is 42.4 Å². The van der Waals surface area contributed by atoms with Crippen LogP contribution in [0.4, 0.5) is 4.79 Å². The molecule has 9 nitrogen and oxygen atoms in total. The second-order valence-corrected chi connectivity index (χ2v) is 7.00. The summed E-state index contributed by atoms with van der Waals surface area (Å²) in [5.41, 5.74) is 10.3. The molecule has 0 fully saturated rings. The summed E-state index contributed by atoms with van der Waals surface area (Å²) < 4.78 is 0. The Hall–Kier alpha value is -2.32. The van der Waals surface area contributed by atoms with Crippen molar-refractivity contribution in [1.29, 1.82) is 0 Å². The Labute approximate surface area is 161 Å². The predicted molar refractivity (Wildman–Crippen MR) is 103 cm³/mol. The molecule has 0 heterocycles. The minimum Gasteiger partial charge on any atom is -0.368 e. The summed E-state index contributed by atoms with van der Waals surface area (Å²) in [6.45, 7) is 6.00. The van der Waals surface area contributed by atoms with Gasteiger partial charge >= 0.3 is 6.03 Å². The summed E-state index contributed by atoms with van der Waals surface area (Å²) in [5.74, 6) is -1.44. The predicted octanol–water partition coefficient (Wildman–Crippen LogP) is 0.516. The number of unbranched alkanes of at least 4 members (excludes halogenated alkanes) is 3. The number of urea groups is 1. The van der Waals surface area contributed by atoms with Crippen molar-refractivity contribution in [3.63, 3.8) is 0 Å². The van der Waals surface area contributed by atoms with Crippen LogP contribution in [0, 0.1) is 5.92 Å². The summed E-state index contributed by atoms with van der Waals surface area (Å²) >= 11 is 0. The number of nitrogens with one attached hydrogen (secondary N) is 3. The highest BCUT2D eigenvalue weighted by atomic mass is 16.2. The van der Waals surface area contributed by atoms with Gasteiger partial charge in [-0.3, -0.25) is 14.4 Å². The molecular formula is C18H35N5O4. The molecule has 0 aromatic rings. The monoisotopic (exact) mass is 385 g/mol. The summed E-state index contributed by atoms with van der Waals surface area (Å²) in [6.07, 6.45) is 4.97. The smallest absolute Gasteiger partial charge is 0.312 e. The van der Waals surface area contributed by atoms with Gasteiger partial charge in [0.2, 0.25) is 17.7 Å². The summed E-state index contributed by atoms with van der Waals surface area (Å²) in [6, 6.07) is -2.28. The first-order valence-electron chi connectivity index (χ1n) is 9.61. The van der Waals surface area contributed by atoms with Gasteiger partial charge in [-0.15, -0.1) is 0 Å². The van der Waals surface area contributed by atoms with Gasteiger partial charge in [-0.25, -0.2) is 4.79 Å². The number of carbonyl (C=O) groups is 4. The first kappa shape index (κ1) is 24.7. The molecule has 0 saturated carbocycles. The number of carbonyl (C=O) groups excluding carboxylic acids is 4. The third-order valence-corrected chi connectivity index (χ3v) is 4.15. The molecule has 0 aromatic carbocycles. The third kappa shape index (κ3) is 11.8. The molecule has 0 bridgehead atoms. The van der Waals surface area contributed by atoms with Crippen molar-refractivity contribution < 1.29 is 19.2 Å². The van der Waals surface area contributed by atoms with E-state index >= 15 is 0 Å². The molecular weight excluding hydrogens is 350 g/mol. The van der Waals surface area contributed by atoms with E-state index in [0.717, 1.165) is 25.7 Å². The van der Waals surface area contributed by atoms with Crippen LogP contribution in [-0.2, 0) is 14.4 Å². The zero-order valence-electron chi connectivity index (χ0n) is 16.7. The van der Waals surface area contributed by atoms with E-state index in [2.05, 4.69) is 22.9 Å². The summed E-state index contributed by atoms with van der Waals surface area (Å²) in [5, 5.41) is 7.74. The Kier molecular flexibility index (Phi) is 12.6. The molecule has 0 aliphatic heterocycles. The summed E-state index contributed by atoms with van der Waals surface area (Å²) in [7, 11) is 0. The van der Waals surface area contributed by atoms with Crippen LogP contribution in [0.3, 0.4) is 0 Å². The van der Waals surface area contributed by atoms with Crippen LogP contribution in [0.1, 0.15) is 65.7 Å². The Morgan fingerprint density at radius 3 is 2.11 bits per heavy atom. The molecule has 2 atom stereocenters. The van der Waals surface area contributed by atoms with E-state index in [-0.39, 0.29) is 24.8 Å². The highest BCUT2D eigenvalue weighted by Gasteiger charge is 2.27. The van der Waals surface area contributed by atoms with Crippen molar-refractivity contribution in [3.8, 4) is 0 Å². The molecule has 0 radical (unpaired) electrons. The molecule has 9 heteroatoms. The Morgan fingerprint density at radius 2 is 1.59 bits per heavy atom. The number of hydrogen-bond acceptors (Lipinski definition) is 4. The van der Waals surface area contributed by atoms with Crippen LogP contribution >= 0.6 is 0 Å². The quantitative estimate of drug-likeness (QED) is 0.276. The largest absolute Gasteiger partial charge is 0.368 e. The maximum atomic E-state index is 12.5. The van der Waals surface area contributed by atoms with E-state index in [9.17, 15) is 19.2 Å². The molecule has 0 aliphatic rings. The molecule has 7 N–H and O–H groups in total. The van der Waals surface area contributed by atoms with Gasteiger partial charge in [0.1, 0.15) is 12.1 Å². The standard InChI is InChI=1S/C18H35N5O4/c1-4-5-6-7-10-14(24)23-15(12(2)3)17(26)22-13(16(19)25)9-8-11-21-18(20)27/h12-13,15H,4-11H2,1-3H3,(H2,19,25)(H,22,26)(H,23,24)(H3,20,21,27)/t13-,15-/m0/s1. The van der Waals surface area contributed by atoms with Gasteiger partial charge in [0.05, 0.1) is 0 Å². The first-order valence-corrected chi connectivity index (χ1v) is 9.61. The van der Waals surface area contributed by atoms with Gasteiger partial charge in [-0.2, -0.15) is 0 Å². The average molecular weight is 386 g/mol. The van der Waals surface area contributed by atoms with Crippen molar-refractivity contribution >= 4 is 23.8 Å². The average Bonchev–Trinajstić information content (AvgIpc) is 2.58. The molecule has 0 aromatic heterocycles. The van der Waals surface area contributed by atoms with E-state index in [4.69, 9.17) is 11.5 Å². The molecule has 27 heavy (non-hydrogen) atoms. The fourth-order valence-corrected chi connectivity index (χ4v) is 2.56. The zero-order valence-corrected chi connectivity index (χ0v) is 16.7. The number of nitrogens with two attached hydrogens (primary N) is 2. The van der Waals surface area contributed by atoms with Crippen molar-refractivity contribution in [2.24, 2.45) is 17.4 Å². The molecule has 0 unspecified atom stereocenters. The normalized spacial score (nSPS) is 12.9. The third-order valence-electron chi connectivity index (χ3n) is 4.15. The second kappa shape index (κ2) is 13.8. The topological polar surface area (TPSA) is 156 Å². The van der Waals surface area contributed by atoms with Gasteiger partial charge < -0.3 is 27.4 Å². The number of rotatable bonds is 14. The Balaban J connectivity index is 4.61. The maximum absolute atomic E-state index is 12.5. The fourth-order valence-electron chi connectivity index (χ4n) is 2.56. The SMILES string of the molecule is CCCCCCC(=O)N[C@H](C(=O)N[C@@H](CCCNC(N)=O)C(N)=O)C(C)C. The number of amides is 5. The number of primary amides is 2. The Bertz CT molecular complexity index is 496. The lowest BCUT2D eigenvalue weighted by Gasteiger charge is -2.24. The van der Waals surface area contributed by atoms with Crippen molar-refractivity contribution in [1.82, 2.24) is 16.0 Å². The maximum Gasteiger partial charge on any atom is 0.312 e. The van der Waals surface area contributed by atoms with Gasteiger partial charge in [0, 0.05) is 13.0 Å². The molecule has 0 spiro atoms. The fraction of sp³-hybridized carbons (Fsp3) is 0.778. The van der Waals surface area contributed by atoms with Crippen LogP contribution in [0.2, 0.25) is 0 Å². The van der Waals surface area contributed by atoms with E-state index in [1.165, 1.54) is 0 Å². The van der Waals surface area contributed by atoms with E-state index < -0.39 is 29.9 Å². The zero-order chi connectivity index (χ0) is 20.8. The first-order chi connectivity index (χ1) is 12.7. The Morgan fingerprint density at radius 1 is 0.926 bits per heavy atom. The van der Waals surface area contributed by atoms with Crippen LogP contribution in [0.15, 0.2) is 0 Å². The van der Waals surface area contributed by atoms with Crippen molar-refractivity contribution in [3.05, 3.63) is 0 Å². The van der Waals surface area contributed by atoms with Gasteiger partial charge in [-0.1, -0.05) is 40.0 Å². The molecule has 156 valence electrons. The lowest BCUT2D eigenvalue weighted by molar-refractivity contribution is -0.132. The van der Waals surface area contributed by atoms with Crippen LogP contribution in [0.5, 0.6) is 0 Å². The molecule has 0 saturated heterocycles. The van der Waals surface area contributed by atoms with Gasteiger partial charge in [0.15, 0.2) is 0 Å². The molecule has 0 rings (SSSR count). The van der Waals surface area contributed by atoms with E-state index in [1.54, 1.807) is 0 Å².